The number of nitrogens with zero attached hydrogens (tertiary/aromatic N) is 6. The van der Waals surface area contributed by atoms with Crippen molar-refractivity contribution in [3.8, 4) is 0 Å². The highest BCUT2D eigenvalue weighted by molar-refractivity contribution is 5.94. The highest BCUT2D eigenvalue weighted by atomic mass is 16.6. The highest BCUT2D eigenvalue weighted by Crippen LogP contribution is 2.33. The van der Waals surface area contributed by atoms with E-state index in [1.807, 2.05) is 18.2 Å². The van der Waals surface area contributed by atoms with E-state index in [2.05, 4.69) is 22.0 Å². The Balaban J connectivity index is 1.24. The first-order valence-electron chi connectivity index (χ1n) is 11.7. The van der Waals surface area contributed by atoms with Gasteiger partial charge in [-0.2, -0.15) is 0 Å². The van der Waals surface area contributed by atoms with Crippen molar-refractivity contribution >= 4 is 23.2 Å². The van der Waals surface area contributed by atoms with Gasteiger partial charge in [-0.1, -0.05) is 30.3 Å². The van der Waals surface area contributed by atoms with Crippen LogP contribution in [-0.4, -0.2) is 72.3 Å². The Bertz CT molecular complexity index is 1400. The molecule has 4 heterocycles. The second-order valence-electron chi connectivity index (χ2n) is 9.36. The molecule has 1 spiro atoms. The number of hydrogen-bond acceptors (Lipinski definition) is 7. The summed E-state index contributed by atoms with van der Waals surface area (Å²) < 4.78 is 9.32. The molecule has 0 atom stereocenters. The van der Waals surface area contributed by atoms with E-state index in [9.17, 15) is 19.2 Å². The van der Waals surface area contributed by atoms with E-state index >= 15 is 0 Å². The topological polar surface area (TPSA) is 112 Å². The largest absolute Gasteiger partial charge is 0.440 e. The minimum absolute atomic E-state index is 0.136. The number of imidazole rings is 1. The molecule has 184 valence electrons. The van der Waals surface area contributed by atoms with Crippen LogP contribution in [-0.2, 0) is 36.6 Å². The molecule has 35 heavy (non-hydrogen) atoms. The predicted molar refractivity (Wildman–Crippen MR) is 127 cm³/mol. The van der Waals surface area contributed by atoms with Crippen molar-refractivity contribution in [2.45, 2.75) is 31.4 Å². The van der Waals surface area contributed by atoms with Crippen molar-refractivity contribution in [1.29, 1.82) is 0 Å². The zero-order chi connectivity index (χ0) is 24.7. The van der Waals surface area contributed by atoms with Gasteiger partial charge in [0, 0.05) is 46.6 Å². The first-order chi connectivity index (χ1) is 16.8. The van der Waals surface area contributed by atoms with E-state index in [-0.39, 0.29) is 24.3 Å². The predicted octanol–water partition coefficient (Wildman–Crippen LogP) is 0.490. The molecular formula is C24H28N6O5. The van der Waals surface area contributed by atoms with Crippen molar-refractivity contribution in [1.82, 2.24) is 28.5 Å². The lowest BCUT2D eigenvalue weighted by Gasteiger charge is -2.37. The van der Waals surface area contributed by atoms with Gasteiger partial charge in [0.1, 0.15) is 12.1 Å². The fourth-order valence-electron chi connectivity index (χ4n) is 4.94. The molecule has 2 amide bonds. The number of benzene rings is 1. The van der Waals surface area contributed by atoms with Crippen LogP contribution in [0.4, 0.5) is 4.79 Å². The Morgan fingerprint density at radius 1 is 1.06 bits per heavy atom. The summed E-state index contributed by atoms with van der Waals surface area (Å²) in [6, 6.07) is 10.3. The molecule has 3 aromatic rings. The van der Waals surface area contributed by atoms with E-state index in [0.717, 1.165) is 35.5 Å². The lowest BCUT2D eigenvalue weighted by atomic mass is 9.91. The maximum Gasteiger partial charge on any atom is 0.417 e. The van der Waals surface area contributed by atoms with Gasteiger partial charge in [0.15, 0.2) is 11.2 Å². The summed E-state index contributed by atoms with van der Waals surface area (Å²) in [5.74, 6) is -0.478. The Hall–Kier alpha value is -3.73. The van der Waals surface area contributed by atoms with Gasteiger partial charge in [-0.05, 0) is 12.0 Å². The number of carbonyl (C=O) groups is 2. The smallest absolute Gasteiger partial charge is 0.417 e. The summed E-state index contributed by atoms with van der Waals surface area (Å²) in [6.07, 6.45) is 2.97. The summed E-state index contributed by atoms with van der Waals surface area (Å²) in [7, 11) is 2.88. The van der Waals surface area contributed by atoms with Crippen LogP contribution in [0, 0.1) is 0 Å². The molecular weight excluding hydrogens is 452 g/mol. The van der Waals surface area contributed by atoms with Gasteiger partial charge in [-0.25, -0.2) is 19.5 Å². The van der Waals surface area contributed by atoms with Crippen molar-refractivity contribution in [3.63, 3.8) is 0 Å². The Morgan fingerprint density at radius 3 is 2.49 bits per heavy atom. The number of carbonyl (C=O) groups excluding carboxylic acids is 2. The van der Waals surface area contributed by atoms with Gasteiger partial charge in [0.25, 0.3) is 11.5 Å². The number of likely N-dealkylation sites (tertiary alicyclic amines) is 1. The molecule has 2 fully saturated rings. The normalized spacial score (nSPS) is 17.9. The molecule has 0 N–H and O–H groups in total. The molecule has 11 nitrogen and oxygen atoms in total. The van der Waals surface area contributed by atoms with E-state index in [1.54, 1.807) is 0 Å². The summed E-state index contributed by atoms with van der Waals surface area (Å²) in [5, 5.41) is 0. The third-order valence-corrected chi connectivity index (χ3v) is 7.12. The molecule has 0 radical (unpaired) electrons. The summed E-state index contributed by atoms with van der Waals surface area (Å²) >= 11 is 0. The maximum atomic E-state index is 13.1. The standard InChI is InChI=1S/C24H28N6O5/c1-26-20-19(21(32)27(2)22(26)33)29(16-25-20)14-18(31)30-15-24(35-23(30)34)9-12-28(13-10-24)11-8-17-6-4-3-5-7-17/h3-7,16H,8-15H2,1-2H3. The number of aryl methyl sites for hydroxylation is 1. The quantitative estimate of drug-likeness (QED) is 0.523. The van der Waals surface area contributed by atoms with Gasteiger partial charge in [0.2, 0.25) is 0 Å². The van der Waals surface area contributed by atoms with Crippen LogP contribution in [0.1, 0.15) is 18.4 Å². The monoisotopic (exact) mass is 480 g/mol. The average Bonchev–Trinajstić information content (AvgIpc) is 3.42. The van der Waals surface area contributed by atoms with Gasteiger partial charge in [-0.15, -0.1) is 0 Å². The van der Waals surface area contributed by atoms with Crippen LogP contribution in [0.5, 0.6) is 0 Å². The second-order valence-corrected chi connectivity index (χ2v) is 9.36. The zero-order valence-corrected chi connectivity index (χ0v) is 19.8. The molecule has 11 heteroatoms. The number of piperidine rings is 1. The first-order valence-corrected chi connectivity index (χ1v) is 11.7. The Labute approximate surface area is 201 Å². The molecule has 2 aromatic heterocycles. The van der Waals surface area contributed by atoms with Crippen LogP contribution < -0.4 is 11.2 Å². The van der Waals surface area contributed by atoms with Crippen LogP contribution in [0.2, 0.25) is 0 Å². The van der Waals surface area contributed by atoms with Gasteiger partial charge >= 0.3 is 11.8 Å². The highest BCUT2D eigenvalue weighted by Gasteiger charge is 2.49. The van der Waals surface area contributed by atoms with Gasteiger partial charge in [-0.3, -0.25) is 18.7 Å². The molecule has 0 saturated carbocycles. The van der Waals surface area contributed by atoms with Crippen molar-refractivity contribution in [3.05, 3.63) is 63.1 Å². The van der Waals surface area contributed by atoms with Gasteiger partial charge in [0.05, 0.1) is 12.9 Å². The minimum atomic E-state index is -0.674. The Kier molecular flexibility index (Phi) is 5.79. The third kappa shape index (κ3) is 4.16. The van der Waals surface area contributed by atoms with Crippen LogP contribution in [0.25, 0.3) is 11.2 Å². The summed E-state index contributed by atoms with van der Waals surface area (Å²) in [6.45, 7) is 2.46. The number of ether oxygens (including phenoxy) is 1. The van der Waals surface area contributed by atoms with Crippen LogP contribution in [0.15, 0.2) is 46.2 Å². The van der Waals surface area contributed by atoms with Crippen molar-refractivity contribution in [2.24, 2.45) is 14.1 Å². The molecule has 0 aliphatic carbocycles. The Morgan fingerprint density at radius 2 is 1.77 bits per heavy atom. The third-order valence-electron chi connectivity index (χ3n) is 7.12. The number of imide groups is 1. The number of fused-ring (bicyclic) bond motifs is 1. The van der Waals surface area contributed by atoms with Crippen LogP contribution in [0.3, 0.4) is 0 Å². The van der Waals surface area contributed by atoms with Crippen molar-refractivity contribution < 1.29 is 14.3 Å². The average molecular weight is 481 g/mol. The van der Waals surface area contributed by atoms with Gasteiger partial charge < -0.3 is 14.2 Å². The summed E-state index contributed by atoms with van der Waals surface area (Å²) in [4.78, 5) is 58.1. The number of rotatable bonds is 5. The van der Waals surface area contributed by atoms with E-state index in [1.165, 1.54) is 35.1 Å². The number of amides is 2. The minimum Gasteiger partial charge on any atom is -0.440 e. The lowest BCUT2D eigenvalue weighted by molar-refractivity contribution is -0.128. The number of hydrogen-bond donors (Lipinski definition) is 0. The van der Waals surface area contributed by atoms with E-state index < -0.39 is 28.9 Å². The lowest BCUT2D eigenvalue weighted by Crippen LogP contribution is -2.48. The van der Waals surface area contributed by atoms with E-state index in [4.69, 9.17) is 4.74 Å². The first kappa shape index (κ1) is 23.0. The van der Waals surface area contributed by atoms with E-state index in [0.29, 0.717) is 12.8 Å². The molecule has 1 aromatic carbocycles. The number of aromatic nitrogens is 4. The molecule has 2 aliphatic heterocycles. The molecule has 5 rings (SSSR count). The zero-order valence-electron chi connectivity index (χ0n) is 19.8. The fraction of sp³-hybridized carbons (Fsp3) is 0.458. The maximum absolute atomic E-state index is 13.1. The molecule has 2 aliphatic rings. The molecule has 0 unspecified atom stereocenters. The van der Waals surface area contributed by atoms with Crippen molar-refractivity contribution in [2.75, 3.05) is 26.2 Å². The molecule has 0 bridgehead atoms. The fourth-order valence-corrected chi connectivity index (χ4v) is 4.94. The second kappa shape index (κ2) is 8.81. The molecule has 2 saturated heterocycles. The van der Waals surface area contributed by atoms with Crippen LogP contribution >= 0.6 is 0 Å². The SMILES string of the molecule is Cn1c(=O)c2c(ncn2CC(=O)N2CC3(CCN(CCc4ccccc4)CC3)OC2=O)n(C)c1=O. The summed E-state index contributed by atoms with van der Waals surface area (Å²) in [5.41, 5.74) is -0.103.